The number of fused-ring (bicyclic) bond motifs is 1. The van der Waals surface area contributed by atoms with Gasteiger partial charge in [0.25, 0.3) is 5.91 Å². The molecule has 102 valence electrons. The van der Waals surface area contributed by atoms with E-state index in [0.717, 1.165) is 16.5 Å². The van der Waals surface area contributed by atoms with E-state index in [1.165, 1.54) is 11.3 Å². The summed E-state index contributed by atoms with van der Waals surface area (Å²) < 4.78 is 1.06. The number of aliphatic hydroxyl groups excluding tert-OH is 1. The molecular weight excluding hydrogens is 260 g/mol. The first-order valence-electron chi connectivity index (χ1n) is 6.31. The Kier molecular flexibility index (Phi) is 4.39. The first-order chi connectivity index (χ1) is 9.10. The lowest BCUT2D eigenvalue weighted by Gasteiger charge is -2.11. The van der Waals surface area contributed by atoms with Gasteiger partial charge in [-0.15, -0.1) is 11.3 Å². The summed E-state index contributed by atoms with van der Waals surface area (Å²) in [4.78, 5) is 12.8. The molecule has 0 radical (unpaired) electrons. The van der Waals surface area contributed by atoms with Crippen LogP contribution in [0.15, 0.2) is 24.3 Å². The average molecular weight is 278 g/mol. The SMILES string of the molecule is CC(CCCO)NC(=O)c1cc2cc(N)ccc2s1. The predicted octanol–water partition coefficient (Wildman–Crippen LogP) is 2.37. The Balaban J connectivity index is 2.08. The zero-order valence-corrected chi connectivity index (χ0v) is 11.7. The second kappa shape index (κ2) is 6.04. The molecule has 1 aromatic heterocycles. The van der Waals surface area contributed by atoms with Crippen LogP contribution in [-0.4, -0.2) is 23.7 Å². The molecule has 1 aromatic carbocycles. The summed E-state index contributed by atoms with van der Waals surface area (Å²) in [6.07, 6.45) is 1.48. The summed E-state index contributed by atoms with van der Waals surface area (Å²) in [6, 6.07) is 7.57. The number of nitrogens with one attached hydrogen (secondary N) is 1. The number of thiophene rings is 1. The van der Waals surface area contributed by atoms with Gasteiger partial charge in [-0.25, -0.2) is 0 Å². The molecule has 0 aliphatic carbocycles. The molecule has 2 rings (SSSR count). The van der Waals surface area contributed by atoms with E-state index in [9.17, 15) is 4.79 Å². The summed E-state index contributed by atoms with van der Waals surface area (Å²) in [5.41, 5.74) is 6.43. The number of carbonyl (C=O) groups excluding carboxylic acids is 1. The van der Waals surface area contributed by atoms with Crippen LogP contribution in [0.2, 0.25) is 0 Å². The number of hydrogen-bond donors (Lipinski definition) is 3. The second-order valence-electron chi connectivity index (χ2n) is 4.65. The van der Waals surface area contributed by atoms with Crippen molar-refractivity contribution in [1.29, 1.82) is 0 Å². The number of benzene rings is 1. The molecule has 0 spiro atoms. The number of carbonyl (C=O) groups is 1. The van der Waals surface area contributed by atoms with Gasteiger partial charge in [-0.05, 0) is 49.4 Å². The first kappa shape index (κ1) is 13.8. The fourth-order valence-electron chi connectivity index (χ4n) is 1.94. The molecule has 4 N–H and O–H groups in total. The molecular formula is C14H18N2O2S. The maximum Gasteiger partial charge on any atom is 0.261 e. The molecule has 2 aromatic rings. The summed E-state index contributed by atoms with van der Waals surface area (Å²) >= 11 is 1.46. The quantitative estimate of drug-likeness (QED) is 0.735. The Labute approximate surface area is 116 Å². The van der Waals surface area contributed by atoms with Gasteiger partial charge in [0, 0.05) is 23.0 Å². The van der Waals surface area contributed by atoms with Crippen molar-refractivity contribution >= 4 is 33.0 Å². The Morgan fingerprint density at radius 2 is 2.26 bits per heavy atom. The molecule has 0 aliphatic heterocycles. The summed E-state index contributed by atoms with van der Waals surface area (Å²) in [5, 5.41) is 12.7. The van der Waals surface area contributed by atoms with E-state index < -0.39 is 0 Å². The minimum atomic E-state index is -0.0646. The van der Waals surface area contributed by atoms with Crippen molar-refractivity contribution < 1.29 is 9.90 Å². The van der Waals surface area contributed by atoms with E-state index >= 15 is 0 Å². The van der Waals surface area contributed by atoms with Crippen molar-refractivity contribution in [2.24, 2.45) is 0 Å². The number of aliphatic hydroxyl groups is 1. The lowest BCUT2D eigenvalue weighted by molar-refractivity contribution is 0.0940. The lowest BCUT2D eigenvalue weighted by atomic mass is 10.2. The van der Waals surface area contributed by atoms with E-state index in [-0.39, 0.29) is 18.6 Å². The number of anilines is 1. The molecule has 0 saturated heterocycles. The highest BCUT2D eigenvalue weighted by molar-refractivity contribution is 7.20. The molecule has 5 heteroatoms. The van der Waals surface area contributed by atoms with Crippen molar-refractivity contribution in [2.75, 3.05) is 12.3 Å². The molecule has 1 atom stereocenters. The van der Waals surface area contributed by atoms with E-state index in [1.807, 2.05) is 31.2 Å². The van der Waals surface area contributed by atoms with Gasteiger partial charge in [-0.2, -0.15) is 0 Å². The minimum Gasteiger partial charge on any atom is -0.399 e. The van der Waals surface area contributed by atoms with Crippen LogP contribution in [0, 0.1) is 0 Å². The van der Waals surface area contributed by atoms with Crippen molar-refractivity contribution in [3.8, 4) is 0 Å². The van der Waals surface area contributed by atoms with Gasteiger partial charge in [-0.1, -0.05) is 0 Å². The molecule has 0 aliphatic rings. The van der Waals surface area contributed by atoms with Gasteiger partial charge >= 0.3 is 0 Å². The Hall–Kier alpha value is -1.59. The smallest absolute Gasteiger partial charge is 0.261 e. The number of amides is 1. The maximum absolute atomic E-state index is 12.1. The highest BCUT2D eigenvalue weighted by Gasteiger charge is 2.12. The summed E-state index contributed by atoms with van der Waals surface area (Å²) in [6.45, 7) is 2.10. The van der Waals surface area contributed by atoms with Crippen molar-refractivity contribution in [1.82, 2.24) is 5.32 Å². The molecule has 0 bridgehead atoms. The number of rotatable bonds is 5. The molecule has 1 unspecified atom stereocenters. The zero-order chi connectivity index (χ0) is 13.8. The van der Waals surface area contributed by atoms with Crippen LogP contribution in [0.25, 0.3) is 10.1 Å². The fourth-order valence-corrected chi connectivity index (χ4v) is 2.88. The molecule has 0 fully saturated rings. The maximum atomic E-state index is 12.1. The zero-order valence-electron chi connectivity index (χ0n) is 10.8. The second-order valence-corrected chi connectivity index (χ2v) is 5.73. The fraction of sp³-hybridized carbons (Fsp3) is 0.357. The van der Waals surface area contributed by atoms with E-state index in [1.54, 1.807) is 0 Å². The number of hydrogen-bond acceptors (Lipinski definition) is 4. The van der Waals surface area contributed by atoms with Crippen LogP contribution in [-0.2, 0) is 0 Å². The van der Waals surface area contributed by atoms with Crippen molar-refractivity contribution in [3.63, 3.8) is 0 Å². The lowest BCUT2D eigenvalue weighted by Crippen LogP contribution is -2.32. The molecule has 19 heavy (non-hydrogen) atoms. The third-order valence-electron chi connectivity index (χ3n) is 2.94. The minimum absolute atomic E-state index is 0.0646. The third kappa shape index (κ3) is 3.45. The molecule has 4 nitrogen and oxygen atoms in total. The molecule has 1 heterocycles. The van der Waals surface area contributed by atoms with Gasteiger partial charge in [-0.3, -0.25) is 4.79 Å². The largest absolute Gasteiger partial charge is 0.399 e. The van der Waals surface area contributed by atoms with Gasteiger partial charge in [0.2, 0.25) is 0 Å². The molecule has 0 saturated carbocycles. The Morgan fingerprint density at radius 1 is 1.47 bits per heavy atom. The highest BCUT2D eigenvalue weighted by atomic mass is 32.1. The first-order valence-corrected chi connectivity index (χ1v) is 7.12. The van der Waals surface area contributed by atoms with Crippen molar-refractivity contribution in [3.05, 3.63) is 29.1 Å². The normalized spacial score (nSPS) is 12.5. The average Bonchev–Trinajstić information content (AvgIpc) is 2.79. The van der Waals surface area contributed by atoms with Crippen LogP contribution < -0.4 is 11.1 Å². The topological polar surface area (TPSA) is 75.3 Å². The Bertz CT molecular complexity index is 580. The third-order valence-corrected chi connectivity index (χ3v) is 4.05. The van der Waals surface area contributed by atoms with Gasteiger partial charge in [0.1, 0.15) is 0 Å². The van der Waals surface area contributed by atoms with Crippen LogP contribution in [0.5, 0.6) is 0 Å². The van der Waals surface area contributed by atoms with E-state index in [2.05, 4.69) is 5.32 Å². The molecule has 1 amide bonds. The van der Waals surface area contributed by atoms with Crippen LogP contribution in [0.4, 0.5) is 5.69 Å². The van der Waals surface area contributed by atoms with Crippen LogP contribution in [0.1, 0.15) is 29.4 Å². The summed E-state index contributed by atoms with van der Waals surface area (Å²) in [7, 11) is 0. The summed E-state index contributed by atoms with van der Waals surface area (Å²) in [5.74, 6) is -0.0646. The Morgan fingerprint density at radius 3 is 3.00 bits per heavy atom. The standard InChI is InChI=1S/C14H18N2O2S/c1-9(3-2-6-17)16-14(18)13-8-10-7-11(15)4-5-12(10)19-13/h4-5,7-9,17H,2-3,6,15H2,1H3,(H,16,18). The number of nitrogens with two attached hydrogens (primary N) is 1. The van der Waals surface area contributed by atoms with Gasteiger partial charge in [0.15, 0.2) is 0 Å². The monoisotopic (exact) mass is 278 g/mol. The van der Waals surface area contributed by atoms with E-state index in [4.69, 9.17) is 10.8 Å². The number of nitrogen functional groups attached to an aromatic ring is 1. The van der Waals surface area contributed by atoms with Gasteiger partial charge in [0.05, 0.1) is 4.88 Å². The predicted molar refractivity (Wildman–Crippen MR) is 79.5 cm³/mol. The van der Waals surface area contributed by atoms with Crippen LogP contribution in [0.3, 0.4) is 0 Å². The van der Waals surface area contributed by atoms with Crippen LogP contribution >= 0.6 is 11.3 Å². The highest BCUT2D eigenvalue weighted by Crippen LogP contribution is 2.27. The van der Waals surface area contributed by atoms with E-state index in [0.29, 0.717) is 17.0 Å². The van der Waals surface area contributed by atoms with Gasteiger partial charge < -0.3 is 16.2 Å². The van der Waals surface area contributed by atoms with Crippen molar-refractivity contribution in [2.45, 2.75) is 25.8 Å².